The van der Waals surface area contributed by atoms with Crippen LogP contribution in [0, 0.1) is 11.3 Å². The number of methoxy groups -OCH3 is 1. The summed E-state index contributed by atoms with van der Waals surface area (Å²) in [5.41, 5.74) is 2.93. The van der Waals surface area contributed by atoms with Crippen LogP contribution in [0.2, 0.25) is 0 Å². The zero-order valence-corrected chi connectivity index (χ0v) is 16.0. The van der Waals surface area contributed by atoms with E-state index in [-0.39, 0.29) is 11.5 Å². The van der Waals surface area contributed by atoms with Crippen molar-refractivity contribution < 1.29 is 14.3 Å². The molecule has 30 heavy (non-hydrogen) atoms. The Labute approximate surface area is 172 Å². The second-order valence-corrected chi connectivity index (χ2v) is 6.35. The van der Waals surface area contributed by atoms with Gasteiger partial charge in [0.1, 0.15) is 11.6 Å². The number of fused-ring (bicyclic) bond motifs is 1. The molecule has 1 aliphatic heterocycles. The number of nitrogens with zero attached hydrogens (tertiary/aromatic N) is 3. The zero-order valence-electron chi connectivity index (χ0n) is 16.0. The number of benzene rings is 2. The topological polar surface area (TPSA) is 109 Å². The first kappa shape index (κ1) is 19.0. The molecule has 2 heterocycles. The Morgan fingerprint density at radius 1 is 1.20 bits per heavy atom. The van der Waals surface area contributed by atoms with Crippen LogP contribution in [0.25, 0.3) is 5.57 Å². The minimum Gasteiger partial charge on any atom is -0.465 e. The zero-order chi connectivity index (χ0) is 20.9. The highest BCUT2D eigenvalue weighted by Gasteiger charge is 2.22. The number of para-hydroxylation sites is 2. The molecule has 4 rings (SSSR count). The van der Waals surface area contributed by atoms with E-state index in [1.165, 1.54) is 7.11 Å². The molecule has 1 aliphatic rings. The van der Waals surface area contributed by atoms with Gasteiger partial charge in [0.15, 0.2) is 5.75 Å². The average Bonchev–Trinajstić information content (AvgIpc) is 3.22. The van der Waals surface area contributed by atoms with E-state index in [1.54, 1.807) is 24.4 Å². The molecule has 0 bridgehead atoms. The number of hydrogen-bond donors (Lipinski definition) is 2. The average molecular weight is 399 g/mol. The molecule has 0 unspecified atom stereocenters. The third-order valence-electron chi connectivity index (χ3n) is 4.42. The van der Waals surface area contributed by atoms with E-state index in [1.807, 2.05) is 36.4 Å². The van der Waals surface area contributed by atoms with E-state index in [9.17, 15) is 10.1 Å². The Morgan fingerprint density at radius 2 is 2.00 bits per heavy atom. The molecule has 0 saturated heterocycles. The van der Waals surface area contributed by atoms with Crippen LogP contribution < -0.4 is 15.4 Å². The van der Waals surface area contributed by atoms with E-state index in [2.05, 4.69) is 26.7 Å². The molecule has 8 nitrogen and oxygen atoms in total. The molecular formula is C22H17N5O3. The molecular weight excluding hydrogens is 382 g/mol. The number of allylic oxidation sites excluding steroid dienone is 1. The molecule has 3 aromatic rings. The lowest BCUT2D eigenvalue weighted by Crippen LogP contribution is -2.07. The number of nitrogens with one attached hydrogen (secondary N) is 2. The fraction of sp³-hybridized carbons (Fsp3) is 0.0909. The molecule has 0 radical (unpaired) electrons. The SMILES string of the molecule is COC(=O)c1ccc(CNc2nccc(C(C#N)=C3Nc4ccccc4O3)n2)cc1. The number of carbonyl (C=O) groups is 1. The van der Waals surface area contributed by atoms with Gasteiger partial charge in [0.2, 0.25) is 11.8 Å². The van der Waals surface area contributed by atoms with Crippen LogP contribution in [-0.2, 0) is 11.3 Å². The number of esters is 1. The van der Waals surface area contributed by atoms with E-state index in [4.69, 9.17) is 9.47 Å². The fourth-order valence-corrected chi connectivity index (χ4v) is 2.90. The van der Waals surface area contributed by atoms with Gasteiger partial charge in [0, 0.05) is 12.7 Å². The molecule has 2 aromatic carbocycles. The summed E-state index contributed by atoms with van der Waals surface area (Å²) in [6, 6.07) is 18.3. The van der Waals surface area contributed by atoms with Gasteiger partial charge < -0.3 is 20.1 Å². The first-order valence-electron chi connectivity index (χ1n) is 9.11. The fourth-order valence-electron chi connectivity index (χ4n) is 2.90. The third-order valence-corrected chi connectivity index (χ3v) is 4.42. The van der Waals surface area contributed by atoms with Crippen LogP contribution in [0.1, 0.15) is 21.6 Å². The summed E-state index contributed by atoms with van der Waals surface area (Å²) in [5.74, 6) is 0.978. The molecule has 0 atom stereocenters. The largest absolute Gasteiger partial charge is 0.465 e. The molecule has 148 valence electrons. The Kier molecular flexibility index (Phi) is 5.26. The van der Waals surface area contributed by atoms with Crippen molar-refractivity contribution in [2.24, 2.45) is 0 Å². The van der Waals surface area contributed by atoms with Crippen molar-refractivity contribution in [2.45, 2.75) is 6.54 Å². The first-order chi connectivity index (χ1) is 14.7. The van der Waals surface area contributed by atoms with Gasteiger partial charge in [-0.2, -0.15) is 5.26 Å². The van der Waals surface area contributed by atoms with Crippen molar-refractivity contribution in [3.05, 3.63) is 83.5 Å². The maximum atomic E-state index is 11.5. The third kappa shape index (κ3) is 3.91. The Hall–Kier alpha value is -4.38. The minimum absolute atomic E-state index is 0.277. The molecule has 0 spiro atoms. The second-order valence-electron chi connectivity index (χ2n) is 6.35. The Morgan fingerprint density at radius 3 is 2.73 bits per heavy atom. The van der Waals surface area contributed by atoms with E-state index in [0.717, 1.165) is 11.3 Å². The van der Waals surface area contributed by atoms with Crippen molar-refractivity contribution in [3.63, 3.8) is 0 Å². The molecule has 0 aliphatic carbocycles. The number of nitriles is 1. The van der Waals surface area contributed by atoms with Gasteiger partial charge in [-0.1, -0.05) is 24.3 Å². The van der Waals surface area contributed by atoms with Gasteiger partial charge >= 0.3 is 5.97 Å². The monoisotopic (exact) mass is 399 g/mol. The van der Waals surface area contributed by atoms with Crippen molar-refractivity contribution in [3.8, 4) is 11.8 Å². The van der Waals surface area contributed by atoms with Crippen LogP contribution >= 0.6 is 0 Å². The summed E-state index contributed by atoms with van der Waals surface area (Å²) < 4.78 is 10.4. The molecule has 0 amide bonds. The predicted molar refractivity (Wildman–Crippen MR) is 110 cm³/mol. The van der Waals surface area contributed by atoms with Gasteiger partial charge in [0.25, 0.3) is 0 Å². The molecule has 1 aromatic heterocycles. The maximum Gasteiger partial charge on any atom is 0.337 e. The van der Waals surface area contributed by atoms with E-state index < -0.39 is 0 Å². The van der Waals surface area contributed by atoms with Crippen molar-refractivity contribution >= 4 is 23.2 Å². The molecule has 0 saturated carbocycles. The lowest BCUT2D eigenvalue weighted by Gasteiger charge is -2.08. The smallest absolute Gasteiger partial charge is 0.337 e. The summed E-state index contributed by atoms with van der Waals surface area (Å²) in [4.78, 5) is 20.1. The number of hydrogen-bond acceptors (Lipinski definition) is 8. The minimum atomic E-state index is -0.382. The van der Waals surface area contributed by atoms with Crippen molar-refractivity contribution in [2.75, 3.05) is 17.7 Å². The van der Waals surface area contributed by atoms with Gasteiger partial charge in [-0.05, 0) is 35.9 Å². The second kappa shape index (κ2) is 8.32. The lowest BCUT2D eigenvalue weighted by atomic mass is 10.1. The van der Waals surface area contributed by atoms with E-state index >= 15 is 0 Å². The first-order valence-corrected chi connectivity index (χ1v) is 9.11. The molecule has 0 fully saturated rings. The van der Waals surface area contributed by atoms with Crippen molar-refractivity contribution in [1.82, 2.24) is 9.97 Å². The number of rotatable bonds is 5. The summed E-state index contributed by atoms with van der Waals surface area (Å²) in [5, 5.41) is 15.9. The predicted octanol–water partition coefficient (Wildman–Crippen LogP) is 3.57. The molecule has 2 N–H and O–H groups in total. The summed E-state index contributed by atoms with van der Waals surface area (Å²) in [7, 11) is 1.34. The summed E-state index contributed by atoms with van der Waals surface area (Å²) in [6.45, 7) is 0.448. The summed E-state index contributed by atoms with van der Waals surface area (Å²) in [6.07, 6.45) is 1.57. The van der Waals surface area contributed by atoms with Crippen LogP contribution in [0.3, 0.4) is 0 Å². The van der Waals surface area contributed by atoms with Gasteiger partial charge in [-0.15, -0.1) is 0 Å². The van der Waals surface area contributed by atoms with Crippen LogP contribution in [0.15, 0.2) is 66.7 Å². The summed E-state index contributed by atoms with van der Waals surface area (Å²) >= 11 is 0. The number of anilines is 2. The Balaban J connectivity index is 1.49. The maximum absolute atomic E-state index is 11.5. The highest BCUT2D eigenvalue weighted by molar-refractivity contribution is 5.89. The molecule has 8 heteroatoms. The van der Waals surface area contributed by atoms with Gasteiger partial charge in [-0.25, -0.2) is 14.8 Å². The number of ether oxygens (including phenoxy) is 2. The van der Waals surface area contributed by atoms with Crippen molar-refractivity contribution in [1.29, 1.82) is 5.26 Å². The van der Waals surface area contributed by atoms with E-state index in [0.29, 0.717) is 35.4 Å². The Bertz CT molecular complexity index is 1140. The standard InChI is InChI=1S/C22H17N5O3/c1-29-21(28)15-8-6-14(7-9-15)13-25-22-24-11-10-17(27-22)16(12-23)20-26-18-4-2-3-5-19(18)30-20/h2-11,26H,13H2,1H3,(H,24,25,27). The van der Waals surface area contributed by atoms with Crippen LogP contribution in [0.4, 0.5) is 11.6 Å². The van der Waals surface area contributed by atoms with Crippen LogP contribution in [-0.4, -0.2) is 23.0 Å². The number of carbonyl (C=O) groups excluding carboxylic acids is 1. The normalized spacial score (nSPS) is 13.3. The van der Waals surface area contributed by atoms with Gasteiger partial charge in [0.05, 0.1) is 24.1 Å². The number of aromatic nitrogens is 2. The van der Waals surface area contributed by atoms with Crippen LogP contribution in [0.5, 0.6) is 5.75 Å². The highest BCUT2D eigenvalue weighted by Crippen LogP contribution is 2.35. The lowest BCUT2D eigenvalue weighted by molar-refractivity contribution is 0.0600. The van der Waals surface area contributed by atoms with Gasteiger partial charge in [-0.3, -0.25) is 0 Å². The highest BCUT2D eigenvalue weighted by atomic mass is 16.5. The quantitative estimate of drug-likeness (QED) is 0.495.